The topological polar surface area (TPSA) is 66.4 Å². The third kappa shape index (κ3) is 5.70. The third-order valence-electron chi connectivity index (χ3n) is 3.72. The minimum absolute atomic E-state index is 0.129. The number of nitrogens with one attached hydrogen (secondary N) is 1. The van der Waals surface area contributed by atoms with Gasteiger partial charge in [0.2, 0.25) is 5.91 Å². The van der Waals surface area contributed by atoms with E-state index in [1.807, 2.05) is 30.3 Å². The molecule has 0 heterocycles. The number of aryl methyl sites for hydroxylation is 1. The van der Waals surface area contributed by atoms with Gasteiger partial charge in [0.05, 0.1) is 11.9 Å². The minimum atomic E-state index is -0.614. The van der Waals surface area contributed by atoms with Crippen molar-refractivity contribution in [3.63, 3.8) is 0 Å². The molecule has 4 nitrogen and oxygen atoms in total. The highest BCUT2D eigenvalue weighted by atomic mass is 35.5. The number of phenolic OH excluding ortho intramolecular Hbond substituents is 1. The molecule has 2 N–H and O–H groups in total. The molecule has 2 rings (SSSR count). The molecule has 2 aromatic rings. The van der Waals surface area contributed by atoms with Gasteiger partial charge in [-0.2, -0.15) is 0 Å². The van der Waals surface area contributed by atoms with Gasteiger partial charge in [0, 0.05) is 6.42 Å². The SMILES string of the molecule is O=C(CCc1ccc(O)cc1)N[C@@H](Cc1ccccc1)C(=O)CCl. The molecule has 0 radical (unpaired) electrons. The summed E-state index contributed by atoms with van der Waals surface area (Å²) in [5.41, 5.74) is 1.92. The number of carbonyl (C=O) groups is 2. The lowest BCUT2D eigenvalue weighted by atomic mass is 10.0. The first-order valence-electron chi connectivity index (χ1n) is 7.78. The number of Topliss-reactive ketones (excluding diaryl/α,β-unsaturated/α-hetero) is 1. The Kier molecular flexibility index (Phi) is 6.82. The van der Waals surface area contributed by atoms with Crippen molar-refractivity contribution in [2.75, 3.05) is 5.88 Å². The summed E-state index contributed by atoms with van der Waals surface area (Å²) < 4.78 is 0. The maximum absolute atomic E-state index is 12.1. The Balaban J connectivity index is 1.91. The molecule has 0 aromatic heterocycles. The molecule has 1 atom stereocenters. The van der Waals surface area contributed by atoms with Gasteiger partial charge in [0.25, 0.3) is 0 Å². The number of hydrogen-bond donors (Lipinski definition) is 2. The molecule has 0 saturated heterocycles. The van der Waals surface area contributed by atoms with Crippen molar-refractivity contribution < 1.29 is 14.7 Å². The molecular formula is C19H20ClNO3. The van der Waals surface area contributed by atoms with Gasteiger partial charge in [0.15, 0.2) is 5.78 Å². The molecule has 0 bridgehead atoms. The van der Waals surface area contributed by atoms with Crippen LogP contribution in [0.4, 0.5) is 0 Å². The summed E-state index contributed by atoms with van der Waals surface area (Å²) in [5, 5.41) is 12.0. The summed E-state index contributed by atoms with van der Waals surface area (Å²) in [6.07, 6.45) is 1.24. The molecule has 0 aliphatic heterocycles. The molecule has 0 aliphatic carbocycles. The van der Waals surface area contributed by atoms with Gasteiger partial charge in [0.1, 0.15) is 5.75 Å². The monoisotopic (exact) mass is 345 g/mol. The van der Waals surface area contributed by atoms with Crippen molar-refractivity contribution in [3.8, 4) is 5.75 Å². The van der Waals surface area contributed by atoms with Gasteiger partial charge in [-0.15, -0.1) is 11.6 Å². The van der Waals surface area contributed by atoms with E-state index in [0.717, 1.165) is 11.1 Å². The zero-order chi connectivity index (χ0) is 17.4. The number of aromatic hydroxyl groups is 1. The largest absolute Gasteiger partial charge is 0.508 e. The van der Waals surface area contributed by atoms with Crippen molar-refractivity contribution >= 4 is 23.3 Å². The van der Waals surface area contributed by atoms with Crippen molar-refractivity contribution in [3.05, 3.63) is 65.7 Å². The normalized spacial score (nSPS) is 11.7. The van der Waals surface area contributed by atoms with E-state index in [-0.39, 0.29) is 29.7 Å². The van der Waals surface area contributed by atoms with Gasteiger partial charge in [-0.1, -0.05) is 42.5 Å². The van der Waals surface area contributed by atoms with Crippen molar-refractivity contribution in [2.45, 2.75) is 25.3 Å². The Morgan fingerprint density at radius 3 is 2.29 bits per heavy atom. The smallest absolute Gasteiger partial charge is 0.220 e. The number of amides is 1. The molecule has 126 valence electrons. The molecule has 0 aliphatic rings. The van der Waals surface area contributed by atoms with Crippen LogP contribution in [0.2, 0.25) is 0 Å². The predicted octanol–water partition coefficient (Wildman–Crippen LogP) is 2.86. The minimum Gasteiger partial charge on any atom is -0.508 e. The first-order valence-corrected chi connectivity index (χ1v) is 8.32. The molecule has 0 fully saturated rings. The second-order valence-corrected chi connectivity index (χ2v) is 5.84. The average Bonchev–Trinajstić information content (AvgIpc) is 2.61. The van der Waals surface area contributed by atoms with E-state index in [0.29, 0.717) is 12.8 Å². The number of benzene rings is 2. The van der Waals surface area contributed by atoms with Crippen molar-refractivity contribution in [1.82, 2.24) is 5.32 Å². The number of rotatable bonds is 8. The first kappa shape index (κ1) is 18.0. The number of alkyl halides is 1. The predicted molar refractivity (Wildman–Crippen MR) is 94.2 cm³/mol. The first-order chi connectivity index (χ1) is 11.6. The Bertz CT molecular complexity index is 671. The maximum atomic E-state index is 12.1. The van der Waals surface area contributed by atoms with E-state index >= 15 is 0 Å². The van der Waals surface area contributed by atoms with E-state index in [2.05, 4.69) is 5.32 Å². The van der Waals surface area contributed by atoms with Crippen molar-refractivity contribution in [1.29, 1.82) is 0 Å². The Morgan fingerprint density at radius 1 is 1.00 bits per heavy atom. The Morgan fingerprint density at radius 2 is 1.67 bits per heavy atom. The standard InChI is InChI=1S/C19H20ClNO3/c20-13-18(23)17(12-15-4-2-1-3-5-15)21-19(24)11-8-14-6-9-16(22)10-7-14/h1-7,9-10,17,22H,8,11-13H2,(H,21,24)/t17-/m0/s1. The van der Waals surface area contributed by atoms with E-state index < -0.39 is 6.04 Å². The fraction of sp³-hybridized carbons (Fsp3) is 0.263. The number of halogens is 1. The molecule has 5 heteroatoms. The molecule has 0 spiro atoms. The van der Waals surface area contributed by atoms with Gasteiger partial charge in [-0.3, -0.25) is 9.59 Å². The number of hydrogen-bond acceptors (Lipinski definition) is 3. The van der Waals surface area contributed by atoms with Crippen LogP contribution < -0.4 is 5.32 Å². The van der Waals surface area contributed by atoms with E-state index in [1.165, 1.54) is 0 Å². The lowest BCUT2D eigenvalue weighted by Crippen LogP contribution is -2.43. The lowest BCUT2D eigenvalue weighted by molar-refractivity contribution is -0.126. The summed E-state index contributed by atoms with van der Waals surface area (Å²) in [6.45, 7) is 0. The molecule has 0 saturated carbocycles. The third-order valence-corrected chi connectivity index (χ3v) is 3.98. The van der Waals surface area contributed by atoms with Gasteiger partial charge in [-0.05, 0) is 36.1 Å². The second-order valence-electron chi connectivity index (χ2n) is 5.58. The van der Waals surface area contributed by atoms with Crippen LogP contribution in [-0.2, 0) is 22.4 Å². The Hall–Kier alpha value is -2.33. The van der Waals surface area contributed by atoms with Gasteiger partial charge < -0.3 is 10.4 Å². The van der Waals surface area contributed by atoms with E-state index in [9.17, 15) is 14.7 Å². The number of carbonyl (C=O) groups excluding carboxylic acids is 2. The molecule has 0 unspecified atom stereocenters. The fourth-order valence-electron chi connectivity index (χ4n) is 2.38. The van der Waals surface area contributed by atoms with Crippen LogP contribution in [0.25, 0.3) is 0 Å². The molecule has 24 heavy (non-hydrogen) atoms. The highest BCUT2D eigenvalue weighted by Gasteiger charge is 2.20. The number of phenols is 1. The summed E-state index contributed by atoms with van der Waals surface area (Å²) >= 11 is 5.66. The van der Waals surface area contributed by atoms with Gasteiger partial charge in [-0.25, -0.2) is 0 Å². The highest BCUT2D eigenvalue weighted by molar-refractivity contribution is 6.28. The van der Waals surface area contributed by atoms with Crippen LogP contribution in [0.1, 0.15) is 17.5 Å². The second kappa shape index (κ2) is 9.08. The lowest BCUT2D eigenvalue weighted by Gasteiger charge is -2.17. The summed E-state index contributed by atoms with van der Waals surface area (Å²) in [5.74, 6) is -0.324. The number of ketones is 1. The molecule has 1 amide bonds. The van der Waals surface area contributed by atoms with Crippen molar-refractivity contribution in [2.24, 2.45) is 0 Å². The van der Waals surface area contributed by atoms with Gasteiger partial charge >= 0.3 is 0 Å². The maximum Gasteiger partial charge on any atom is 0.220 e. The zero-order valence-corrected chi connectivity index (χ0v) is 14.0. The van der Waals surface area contributed by atoms with Crippen LogP contribution in [0, 0.1) is 0 Å². The van der Waals surface area contributed by atoms with E-state index in [1.54, 1.807) is 24.3 Å². The van der Waals surface area contributed by atoms with Crippen LogP contribution >= 0.6 is 11.6 Å². The fourth-order valence-corrected chi connectivity index (χ4v) is 2.56. The summed E-state index contributed by atoms with van der Waals surface area (Å²) in [7, 11) is 0. The van der Waals surface area contributed by atoms with Crippen LogP contribution in [0.15, 0.2) is 54.6 Å². The summed E-state index contributed by atoms with van der Waals surface area (Å²) in [6, 6.07) is 15.6. The van der Waals surface area contributed by atoms with E-state index in [4.69, 9.17) is 11.6 Å². The van der Waals surface area contributed by atoms with Crippen LogP contribution in [0.3, 0.4) is 0 Å². The quantitative estimate of drug-likeness (QED) is 0.723. The van der Waals surface area contributed by atoms with Crippen LogP contribution in [-0.4, -0.2) is 28.7 Å². The highest BCUT2D eigenvalue weighted by Crippen LogP contribution is 2.11. The Labute approximate surface area is 146 Å². The molecular weight excluding hydrogens is 326 g/mol. The summed E-state index contributed by atoms with van der Waals surface area (Å²) in [4.78, 5) is 24.1. The average molecular weight is 346 g/mol. The zero-order valence-electron chi connectivity index (χ0n) is 13.2. The molecule has 2 aromatic carbocycles. The van der Waals surface area contributed by atoms with Crippen LogP contribution in [0.5, 0.6) is 5.75 Å².